The molecular weight excluding hydrogens is 298 g/mol. The van der Waals surface area contributed by atoms with Crippen LogP contribution in [0.5, 0.6) is 0 Å². The van der Waals surface area contributed by atoms with Gasteiger partial charge in [-0.1, -0.05) is 12.1 Å². The van der Waals surface area contributed by atoms with Crippen molar-refractivity contribution < 1.29 is 4.74 Å². The topological polar surface area (TPSA) is 39.9 Å². The maximum absolute atomic E-state index is 5.95. The van der Waals surface area contributed by atoms with Gasteiger partial charge in [0.15, 0.2) is 6.23 Å². The lowest BCUT2D eigenvalue weighted by Crippen LogP contribution is -2.18. The molecule has 1 atom stereocenters. The van der Waals surface area contributed by atoms with Crippen molar-refractivity contribution in [2.45, 2.75) is 44.2 Å². The summed E-state index contributed by atoms with van der Waals surface area (Å²) in [4.78, 5) is 4.57. The van der Waals surface area contributed by atoms with Gasteiger partial charge in [0, 0.05) is 23.8 Å². The minimum atomic E-state index is 0.0870. The summed E-state index contributed by atoms with van der Waals surface area (Å²) < 4.78 is 8.04. The maximum atomic E-state index is 5.95. The van der Waals surface area contributed by atoms with Gasteiger partial charge in [0.2, 0.25) is 0 Å². The first-order valence-electron chi connectivity index (χ1n) is 8.95. The quantitative estimate of drug-likeness (QED) is 0.704. The molecule has 1 aliphatic heterocycles. The summed E-state index contributed by atoms with van der Waals surface area (Å²) in [6.45, 7) is 0.841. The molecule has 1 saturated heterocycles. The van der Waals surface area contributed by atoms with Crippen LogP contribution in [0.3, 0.4) is 0 Å². The molecule has 1 aliphatic carbocycles. The summed E-state index contributed by atoms with van der Waals surface area (Å²) in [6.07, 6.45) is 9.96. The zero-order valence-corrected chi connectivity index (χ0v) is 13.7. The predicted molar refractivity (Wildman–Crippen MR) is 93.8 cm³/mol. The van der Waals surface area contributed by atoms with Gasteiger partial charge in [-0.3, -0.25) is 4.98 Å². The molecule has 0 spiro atoms. The number of pyridine rings is 1. The summed E-state index contributed by atoms with van der Waals surface area (Å²) in [6, 6.07) is 10.5. The van der Waals surface area contributed by atoms with Crippen molar-refractivity contribution in [3.63, 3.8) is 0 Å². The summed E-state index contributed by atoms with van der Waals surface area (Å²) in [7, 11) is 0. The Kier molecular flexibility index (Phi) is 3.37. The highest BCUT2D eigenvalue weighted by Crippen LogP contribution is 2.47. The first kappa shape index (κ1) is 14.2. The second-order valence-corrected chi connectivity index (χ2v) is 6.86. The Bertz CT molecular complexity index is 861. The SMILES string of the molecule is c1ccc(-c2ccc3c(cnn3C3CCCCO3)c2C2CC2)nc1. The number of nitrogens with zero attached hydrogens (tertiary/aromatic N) is 3. The standard InChI is InChI=1S/C20H21N3O/c1-3-11-21-17(5-1)15-9-10-18-16(20(15)14-7-8-14)13-22-23(18)19-6-2-4-12-24-19/h1,3,5,9-11,13-14,19H,2,4,6-8,12H2. The Balaban J connectivity index is 1.66. The van der Waals surface area contributed by atoms with E-state index in [4.69, 9.17) is 9.84 Å². The van der Waals surface area contributed by atoms with Gasteiger partial charge in [-0.15, -0.1) is 0 Å². The van der Waals surface area contributed by atoms with Crippen LogP contribution in [0.1, 0.15) is 49.8 Å². The van der Waals surface area contributed by atoms with Crippen molar-refractivity contribution in [1.82, 2.24) is 14.8 Å². The van der Waals surface area contributed by atoms with Gasteiger partial charge in [0.1, 0.15) is 0 Å². The molecule has 0 N–H and O–H groups in total. The molecule has 3 aromatic rings. The minimum absolute atomic E-state index is 0.0870. The number of hydrogen-bond donors (Lipinski definition) is 0. The Morgan fingerprint density at radius 3 is 2.75 bits per heavy atom. The third kappa shape index (κ3) is 2.33. The van der Waals surface area contributed by atoms with E-state index in [-0.39, 0.29) is 6.23 Å². The molecule has 3 heterocycles. The number of fused-ring (bicyclic) bond motifs is 1. The third-order valence-electron chi connectivity index (χ3n) is 5.18. The second-order valence-electron chi connectivity index (χ2n) is 6.86. The van der Waals surface area contributed by atoms with E-state index in [1.165, 1.54) is 41.3 Å². The average molecular weight is 319 g/mol. The fourth-order valence-corrected chi connectivity index (χ4v) is 3.85. The van der Waals surface area contributed by atoms with E-state index in [2.05, 4.69) is 33.9 Å². The van der Waals surface area contributed by atoms with Crippen LogP contribution in [0.4, 0.5) is 0 Å². The molecule has 0 radical (unpaired) electrons. The first-order chi connectivity index (χ1) is 11.9. The first-order valence-corrected chi connectivity index (χ1v) is 8.95. The summed E-state index contributed by atoms with van der Waals surface area (Å²) in [5.41, 5.74) is 4.94. The van der Waals surface area contributed by atoms with E-state index in [0.717, 1.165) is 25.1 Å². The van der Waals surface area contributed by atoms with Gasteiger partial charge in [-0.25, -0.2) is 4.68 Å². The van der Waals surface area contributed by atoms with Crippen molar-refractivity contribution in [2.24, 2.45) is 0 Å². The molecule has 1 unspecified atom stereocenters. The molecule has 0 bridgehead atoms. The van der Waals surface area contributed by atoms with Gasteiger partial charge in [-0.05, 0) is 61.8 Å². The lowest BCUT2D eigenvalue weighted by Gasteiger charge is -2.23. The van der Waals surface area contributed by atoms with Gasteiger partial charge in [-0.2, -0.15) is 5.10 Å². The average Bonchev–Trinajstić information content (AvgIpc) is 3.40. The van der Waals surface area contributed by atoms with Gasteiger partial charge < -0.3 is 4.74 Å². The molecule has 0 amide bonds. The molecule has 2 aromatic heterocycles. The summed E-state index contributed by atoms with van der Waals surface area (Å²) >= 11 is 0. The van der Waals surface area contributed by atoms with Crippen LogP contribution in [-0.2, 0) is 4.74 Å². The number of rotatable bonds is 3. The maximum Gasteiger partial charge on any atom is 0.150 e. The molecule has 4 heteroatoms. The van der Waals surface area contributed by atoms with Crippen LogP contribution in [0, 0.1) is 0 Å². The second kappa shape index (κ2) is 5.71. The normalized spacial score (nSPS) is 21.2. The van der Waals surface area contributed by atoms with Crippen LogP contribution in [0.15, 0.2) is 42.7 Å². The third-order valence-corrected chi connectivity index (χ3v) is 5.18. The Morgan fingerprint density at radius 2 is 2.00 bits per heavy atom. The molecule has 5 rings (SSSR count). The lowest BCUT2D eigenvalue weighted by molar-refractivity contribution is -0.0366. The molecule has 1 aromatic carbocycles. The van der Waals surface area contributed by atoms with Gasteiger partial charge >= 0.3 is 0 Å². The molecule has 2 fully saturated rings. The van der Waals surface area contributed by atoms with E-state index >= 15 is 0 Å². The lowest BCUT2D eigenvalue weighted by atomic mass is 9.96. The van der Waals surface area contributed by atoms with Crippen LogP contribution < -0.4 is 0 Å². The number of benzene rings is 1. The molecular formula is C20H21N3O. The number of ether oxygens (including phenoxy) is 1. The van der Waals surface area contributed by atoms with E-state index in [1.54, 1.807) is 0 Å². The van der Waals surface area contributed by atoms with E-state index in [1.807, 2.05) is 18.5 Å². The molecule has 24 heavy (non-hydrogen) atoms. The van der Waals surface area contributed by atoms with E-state index in [0.29, 0.717) is 5.92 Å². The highest BCUT2D eigenvalue weighted by Gasteiger charge is 2.30. The monoisotopic (exact) mass is 319 g/mol. The Morgan fingerprint density at radius 1 is 1.04 bits per heavy atom. The molecule has 1 saturated carbocycles. The van der Waals surface area contributed by atoms with E-state index < -0.39 is 0 Å². The summed E-state index contributed by atoms with van der Waals surface area (Å²) in [5.74, 6) is 0.649. The highest BCUT2D eigenvalue weighted by molar-refractivity contribution is 5.90. The fourth-order valence-electron chi connectivity index (χ4n) is 3.85. The largest absolute Gasteiger partial charge is 0.356 e. The van der Waals surface area contributed by atoms with E-state index in [9.17, 15) is 0 Å². The Labute approximate surface area is 141 Å². The van der Waals surface area contributed by atoms with Crippen LogP contribution in [-0.4, -0.2) is 21.4 Å². The van der Waals surface area contributed by atoms with Crippen molar-refractivity contribution >= 4 is 10.9 Å². The Hall–Kier alpha value is -2.20. The zero-order valence-electron chi connectivity index (χ0n) is 13.7. The van der Waals surface area contributed by atoms with Crippen molar-refractivity contribution in [1.29, 1.82) is 0 Å². The van der Waals surface area contributed by atoms with Gasteiger partial charge in [0.25, 0.3) is 0 Å². The van der Waals surface area contributed by atoms with Crippen LogP contribution >= 0.6 is 0 Å². The van der Waals surface area contributed by atoms with Crippen LogP contribution in [0.25, 0.3) is 22.2 Å². The highest BCUT2D eigenvalue weighted by atomic mass is 16.5. The summed E-state index contributed by atoms with van der Waals surface area (Å²) in [5, 5.41) is 5.97. The van der Waals surface area contributed by atoms with Crippen molar-refractivity contribution in [2.75, 3.05) is 6.61 Å². The minimum Gasteiger partial charge on any atom is -0.356 e. The van der Waals surface area contributed by atoms with Crippen LogP contribution in [0.2, 0.25) is 0 Å². The molecule has 4 nitrogen and oxygen atoms in total. The fraction of sp³-hybridized carbons (Fsp3) is 0.400. The zero-order chi connectivity index (χ0) is 15.9. The van der Waals surface area contributed by atoms with Crippen molar-refractivity contribution in [3.8, 4) is 11.3 Å². The van der Waals surface area contributed by atoms with Crippen molar-refractivity contribution in [3.05, 3.63) is 48.3 Å². The molecule has 2 aliphatic rings. The van der Waals surface area contributed by atoms with Gasteiger partial charge in [0.05, 0.1) is 17.4 Å². The predicted octanol–water partition coefficient (Wildman–Crippen LogP) is 4.67. The molecule has 122 valence electrons. The number of aromatic nitrogens is 3. The smallest absolute Gasteiger partial charge is 0.150 e. The number of hydrogen-bond acceptors (Lipinski definition) is 3.